The molecule has 2 aromatic heterocycles. The number of pyridine rings is 1. The predicted molar refractivity (Wildman–Crippen MR) is 109 cm³/mol. The Balaban J connectivity index is 1.77. The third kappa shape index (κ3) is 2.23. The van der Waals surface area contributed by atoms with E-state index in [4.69, 9.17) is 4.98 Å². The molecule has 0 aliphatic heterocycles. The number of para-hydroxylation sites is 2. The van der Waals surface area contributed by atoms with Crippen LogP contribution in [-0.4, -0.2) is 9.55 Å². The first-order valence-corrected chi connectivity index (χ1v) is 8.84. The Kier molecular flexibility index (Phi) is 3.36. The van der Waals surface area contributed by atoms with Crippen LogP contribution in [0.4, 0.5) is 0 Å². The van der Waals surface area contributed by atoms with Gasteiger partial charge in [0.2, 0.25) is 0 Å². The normalized spacial score (nSPS) is 11.3. The van der Waals surface area contributed by atoms with Crippen LogP contribution in [0.2, 0.25) is 0 Å². The van der Waals surface area contributed by atoms with Gasteiger partial charge in [-0.2, -0.15) is 0 Å². The zero-order valence-corrected chi connectivity index (χ0v) is 14.6. The van der Waals surface area contributed by atoms with Gasteiger partial charge in [0.25, 0.3) is 0 Å². The first-order chi connectivity index (χ1) is 12.8. The SMILES string of the molecule is Cc1nc(-n2c3ccccc3c3ccccc32)ccc1-c1ccccc1. The largest absolute Gasteiger partial charge is 0.294 e. The van der Waals surface area contributed by atoms with Crippen LogP contribution >= 0.6 is 0 Å². The molecule has 0 bridgehead atoms. The van der Waals surface area contributed by atoms with Crippen LogP contribution in [0, 0.1) is 6.92 Å². The Morgan fingerprint density at radius 1 is 0.615 bits per heavy atom. The average Bonchev–Trinajstić information content (AvgIpc) is 3.03. The highest BCUT2D eigenvalue weighted by Gasteiger charge is 2.13. The maximum atomic E-state index is 4.96. The zero-order chi connectivity index (χ0) is 17.5. The van der Waals surface area contributed by atoms with E-state index in [0.717, 1.165) is 11.5 Å². The monoisotopic (exact) mass is 334 g/mol. The molecule has 5 aromatic rings. The van der Waals surface area contributed by atoms with Gasteiger partial charge in [0, 0.05) is 22.0 Å². The summed E-state index contributed by atoms with van der Waals surface area (Å²) in [5, 5.41) is 2.52. The standard InChI is InChI=1S/C24H18N2/c1-17-19(18-9-3-2-4-10-18)15-16-24(25-17)26-22-13-7-5-11-20(22)21-12-6-8-14-23(21)26/h2-16H,1H3. The molecule has 124 valence electrons. The fourth-order valence-corrected chi connectivity index (χ4v) is 3.76. The van der Waals surface area contributed by atoms with Crippen molar-refractivity contribution in [2.45, 2.75) is 6.92 Å². The molecule has 0 fully saturated rings. The summed E-state index contributed by atoms with van der Waals surface area (Å²) < 4.78 is 2.26. The summed E-state index contributed by atoms with van der Waals surface area (Å²) in [6, 6.07) is 31.8. The summed E-state index contributed by atoms with van der Waals surface area (Å²) in [6.45, 7) is 2.08. The van der Waals surface area contributed by atoms with Crippen LogP contribution in [0.25, 0.3) is 38.8 Å². The van der Waals surface area contributed by atoms with Crippen LogP contribution in [-0.2, 0) is 0 Å². The highest BCUT2D eigenvalue weighted by molar-refractivity contribution is 6.09. The summed E-state index contributed by atoms with van der Waals surface area (Å²) in [7, 11) is 0. The summed E-state index contributed by atoms with van der Waals surface area (Å²) in [6.07, 6.45) is 0. The van der Waals surface area contributed by atoms with Crippen molar-refractivity contribution in [3.8, 4) is 16.9 Å². The first-order valence-electron chi connectivity index (χ1n) is 8.84. The van der Waals surface area contributed by atoms with E-state index in [1.54, 1.807) is 0 Å². The molecule has 2 heterocycles. The molecule has 0 atom stereocenters. The average molecular weight is 334 g/mol. The van der Waals surface area contributed by atoms with Crippen LogP contribution in [0.3, 0.4) is 0 Å². The van der Waals surface area contributed by atoms with Crippen LogP contribution in [0.15, 0.2) is 91.0 Å². The van der Waals surface area contributed by atoms with Gasteiger partial charge in [0.1, 0.15) is 5.82 Å². The number of hydrogen-bond donors (Lipinski definition) is 0. The molecule has 0 N–H and O–H groups in total. The highest BCUT2D eigenvalue weighted by atomic mass is 15.1. The van der Waals surface area contributed by atoms with E-state index >= 15 is 0 Å². The number of aromatic nitrogens is 2. The van der Waals surface area contributed by atoms with Crippen LogP contribution < -0.4 is 0 Å². The summed E-state index contributed by atoms with van der Waals surface area (Å²) in [5.74, 6) is 0.958. The lowest BCUT2D eigenvalue weighted by Crippen LogP contribution is -1.99. The number of hydrogen-bond acceptors (Lipinski definition) is 1. The van der Waals surface area contributed by atoms with Crippen molar-refractivity contribution in [2.24, 2.45) is 0 Å². The summed E-state index contributed by atoms with van der Waals surface area (Å²) >= 11 is 0. The van der Waals surface area contributed by atoms with Crippen molar-refractivity contribution in [2.75, 3.05) is 0 Å². The molecule has 2 nitrogen and oxygen atoms in total. The van der Waals surface area contributed by atoms with E-state index in [1.165, 1.54) is 32.9 Å². The zero-order valence-electron chi connectivity index (χ0n) is 14.6. The van der Waals surface area contributed by atoms with E-state index in [-0.39, 0.29) is 0 Å². The Bertz CT molecular complexity index is 1180. The Hall–Kier alpha value is -3.39. The van der Waals surface area contributed by atoms with Crippen LogP contribution in [0.1, 0.15) is 5.69 Å². The topological polar surface area (TPSA) is 17.8 Å². The van der Waals surface area contributed by atoms with E-state index in [2.05, 4.69) is 96.4 Å². The minimum atomic E-state index is 0.958. The minimum Gasteiger partial charge on any atom is -0.294 e. The lowest BCUT2D eigenvalue weighted by Gasteiger charge is -2.11. The molecule has 0 amide bonds. The van der Waals surface area contributed by atoms with Gasteiger partial charge in [0.15, 0.2) is 0 Å². The second kappa shape index (κ2) is 5.85. The van der Waals surface area contributed by atoms with Crippen molar-refractivity contribution in [3.05, 3.63) is 96.7 Å². The van der Waals surface area contributed by atoms with Crippen molar-refractivity contribution in [1.29, 1.82) is 0 Å². The molecule has 2 heteroatoms. The third-order valence-electron chi connectivity index (χ3n) is 4.97. The van der Waals surface area contributed by atoms with E-state index < -0.39 is 0 Å². The Labute approximate surface area is 152 Å². The molecule has 3 aromatic carbocycles. The Morgan fingerprint density at radius 2 is 1.19 bits per heavy atom. The molecular weight excluding hydrogens is 316 g/mol. The van der Waals surface area contributed by atoms with E-state index in [0.29, 0.717) is 0 Å². The van der Waals surface area contributed by atoms with Gasteiger partial charge in [-0.25, -0.2) is 4.98 Å². The van der Waals surface area contributed by atoms with Crippen molar-refractivity contribution >= 4 is 21.8 Å². The van der Waals surface area contributed by atoms with Gasteiger partial charge >= 0.3 is 0 Å². The maximum absolute atomic E-state index is 4.96. The molecule has 5 rings (SSSR count). The number of rotatable bonds is 2. The van der Waals surface area contributed by atoms with Crippen LogP contribution in [0.5, 0.6) is 0 Å². The van der Waals surface area contributed by atoms with Crippen molar-refractivity contribution in [1.82, 2.24) is 9.55 Å². The molecule has 0 saturated heterocycles. The van der Waals surface area contributed by atoms with Crippen molar-refractivity contribution in [3.63, 3.8) is 0 Å². The van der Waals surface area contributed by atoms with E-state index in [9.17, 15) is 0 Å². The fourth-order valence-electron chi connectivity index (χ4n) is 3.76. The lowest BCUT2D eigenvalue weighted by atomic mass is 10.0. The molecule has 0 aliphatic carbocycles. The smallest absolute Gasteiger partial charge is 0.137 e. The lowest BCUT2D eigenvalue weighted by molar-refractivity contribution is 1.05. The van der Waals surface area contributed by atoms with Crippen molar-refractivity contribution < 1.29 is 0 Å². The number of nitrogens with zero attached hydrogens (tertiary/aromatic N) is 2. The van der Waals surface area contributed by atoms with Gasteiger partial charge in [-0.15, -0.1) is 0 Å². The van der Waals surface area contributed by atoms with Gasteiger partial charge in [-0.3, -0.25) is 4.57 Å². The number of fused-ring (bicyclic) bond motifs is 3. The molecule has 0 unspecified atom stereocenters. The number of benzene rings is 3. The van der Waals surface area contributed by atoms with Gasteiger partial charge in [-0.1, -0.05) is 66.7 Å². The quantitative estimate of drug-likeness (QED) is 0.378. The van der Waals surface area contributed by atoms with Gasteiger partial charge in [-0.05, 0) is 36.8 Å². The predicted octanol–water partition coefficient (Wildman–Crippen LogP) is 6.15. The highest BCUT2D eigenvalue weighted by Crippen LogP contribution is 2.32. The fraction of sp³-hybridized carbons (Fsp3) is 0.0417. The first kappa shape index (κ1) is 14.9. The van der Waals surface area contributed by atoms with Gasteiger partial charge < -0.3 is 0 Å². The Morgan fingerprint density at radius 3 is 1.81 bits per heavy atom. The summed E-state index contributed by atoms with van der Waals surface area (Å²) in [4.78, 5) is 4.96. The molecular formula is C24H18N2. The van der Waals surface area contributed by atoms with E-state index in [1.807, 2.05) is 6.07 Å². The number of aryl methyl sites for hydroxylation is 1. The molecule has 0 spiro atoms. The molecule has 0 saturated carbocycles. The molecule has 0 aliphatic rings. The maximum Gasteiger partial charge on any atom is 0.137 e. The third-order valence-corrected chi connectivity index (χ3v) is 4.97. The second-order valence-corrected chi connectivity index (χ2v) is 6.54. The summed E-state index contributed by atoms with van der Waals surface area (Å²) in [5.41, 5.74) is 5.79. The molecule has 26 heavy (non-hydrogen) atoms. The van der Waals surface area contributed by atoms with Gasteiger partial charge in [0.05, 0.1) is 11.0 Å². The minimum absolute atomic E-state index is 0.958. The molecule has 0 radical (unpaired) electrons. The second-order valence-electron chi connectivity index (χ2n) is 6.54.